The van der Waals surface area contributed by atoms with Gasteiger partial charge >= 0.3 is 5.97 Å². The number of anilines is 1. The molecule has 2 fully saturated rings. The number of nitrogens with one attached hydrogen (secondary N) is 2. The Balaban J connectivity index is 1.56. The number of aromatic carboxylic acids is 1. The summed E-state index contributed by atoms with van der Waals surface area (Å²) in [6.07, 6.45) is 3.14. The molecule has 0 radical (unpaired) electrons. The summed E-state index contributed by atoms with van der Waals surface area (Å²) >= 11 is 0. The van der Waals surface area contributed by atoms with Crippen LogP contribution in [0.5, 0.6) is 5.75 Å². The number of carbonyl (C=O) groups is 1. The molecule has 1 spiro atoms. The number of nitriles is 1. The second-order valence-electron chi connectivity index (χ2n) is 10.7. The van der Waals surface area contributed by atoms with E-state index in [1.54, 1.807) is 25.3 Å². The number of fused-ring (bicyclic) bond motifs is 1. The number of H-pyrrole nitrogens is 1. The highest BCUT2D eigenvalue weighted by atomic mass is 19.3. The van der Waals surface area contributed by atoms with Gasteiger partial charge in [0.05, 0.1) is 25.2 Å². The zero-order chi connectivity index (χ0) is 27.1. The number of rotatable bonds is 8. The number of alkyl halides is 2. The number of carboxylic acid groups (broad SMARTS) is 1. The fourth-order valence-corrected chi connectivity index (χ4v) is 6.41. The van der Waals surface area contributed by atoms with Gasteiger partial charge in [-0.15, -0.1) is 0 Å². The molecule has 1 saturated carbocycles. The standard InChI is InChI=1S/C29H32F2N4O3/c1-18-12-25(38-2)22(20-6-10-34-26(18)20)15-35-11-7-28(16-29(30,31)17-28)14-24(35)21-5-4-19(27(36)37)13-23(21)33-9-3-8-32/h4-6,10,12-13,24,33-34H,3,7,9,11,14-17H2,1-2H3,(H,36,37)/t24-/m1/s1. The second-order valence-corrected chi connectivity index (χ2v) is 10.7. The van der Waals surface area contributed by atoms with E-state index in [9.17, 15) is 18.7 Å². The lowest BCUT2D eigenvalue weighted by Crippen LogP contribution is -2.53. The van der Waals surface area contributed by atoms with Crippen LogP contribution >= 0.6 is 0 Å². The van der Waals surface area contributed by atoms with Crippen molar-refractivity contribution in [3.05, 3.63) is 58.8 Å². The number of ether oxygens (including phenoxy) is 1. The maximum absolute atomic E-state index is 14.1. The predicted molar refractivity (Wildman–Crippen MR) is 141 cm³/mol. The first-order valence-electron chi connectivity index (χ1n) is 12.9. The number of aromatic nitrogens is 1. The first kappa shape index (κ1) is 26.0. The van der Waals surface area contributed by atoms with Crippen molar-refractivity contribution in [1.29, 1.82) is 5.26 Å². The third-order valence-electron chi connectivity index (χ3n) is 8.17. The molecule has 0 amide bonds. The van der Waals surface area contributed by atoms with Crippen LogP contribution in [0.25, 0.3) is 10.9 Å². The van der Waals surface area contributed by atoms with Gasteiger partial charge in [0.15, 0.2) is 0 Å². The van der Waals surface area contributed by atoms with Gasteiger partial charge in [-0.05, 0) is 67.1 Å². The Morgan fingerprint density at radius 2 is 2.11 bits per heavy atom. The highest BCUT2D eigenvalue weighted by Crippen LogP contribution is 2.61. The summed E-state index contributed by atoms with van der Waals surface area (Å²) in [5.41, 5.74) is 4.31. The maximum Gasteiger partial charge on any atom is 0.335 e. The maximum atomic E-state index is 14.1. The van der Waals surface area contributed by atoms with E-state index in [1.807, 2.05) is 25.3 Å². The third kappa shape index (κ3) is 4.81. The monoisotopic (exact) mass is 522 g/mol. The summed E-state index contributed by atoms with van der Waals surface area (Å²) in [5, 5.41) is 22.9. The Hall–Kier alpha value is -3.64. The number of hydrogen-bond donors (Lipinski definition) is 3. The lowest BCUT2D eigenvalue weighted by molar-refractivity contribution is -0.186. The van der Waals surface area contributed by atoms with Crippen LogP contribution in [0.2, 0.25) is 0 Å². The van der Waals surface area contributed by atoms with Gasteiger partial charge in [-0.25, -0.2) is 13.6 Å². The van der Waals surface area contributed by atoms with Crippen molar-refractivity contribution in [3.8, 4) is 11.8 Å². The molecule has 0 bridgehead atoms. The topological polar surface area (TPSA) is 101 Å². The number of benzene rings is 2. The van der Waals surface area contributed by atoms with Crippen molar-refractivity contribution in [1.82, 2.24) is 9.88 Å². The normalized spacial score (nSPS) is 20.1. The van der Waals surface area contributed by atoms with Gasteiger partial charge in [0.2, 0.25) is 5.92 Å². The minimum atomic E-state index is -2.63. The number of aromatic amines is 1. The molecule has 38 heavy (non-hydrogen) atoms. The summed E-state index contributed by atoms with van der Waals surface area (Å²) in [6.45, 7) is 3.56. The molecule has 2 aliphatic rings. The average molecular weight is 523 g/mol. The first-order chi connectivity index (χ1) is 18.1. The zero-order valence-electron chi connectivity index (χ0n) is 21.6. The molecule has 3 N–H and O–H groups in total. The van der Waals surface area contributed by atoms with Crippen molar-refractivity contribution < 1.29 is 23.4 Å². The van der Waals surface area contributed by atoms with Crippen LogP contribution in [-0.4, -0.2) is 47.1 Å². The minimum Gasteiger partial charge on any atom is -0.496 e. The van der Waals surface area contributed by atoms with Crippen molar-refractivity contribution in [2.75, 3.05) is 25.5 Å². The second kappa shape index (κ2) is 9.91. The van der Waals surface area contributed by atoms with E-state index in [4.69, 9.17) is 10.00 Å². The number of hydrogen-bond acceptors (Lipinski definition) is 5. The van der Waals surface area contributed by atoms with Gasteiger partial charge in [-0.2, -0.15) is 5.26 Å². The largest absolute Gasteiger partial charge is 0.496 e. The van der Waals surface area contributed by atoms with Crippen LogP contribution < -0.4 is 10.1 Å². The molecule has 7 nitrogen and oxygen atoms in total. The molecule has 1 saturated heterocycles. The van der Waals surface area contributed by atoms with Gasteiger partial charge in [0.25, 0.3) is 0 Å². The molecule has 2 heterocycles. The molecular formula is C29H32F2N4O3. The Kier molecular flexibility index (Phi) is 6.78. The number of methoxy groups -OCH3 is 1. The third-order valence-corrected chi connectivity index (χ3v) is 8.17. The smallest absolute Gasteiger partial charge is 0.335 e. The molecule has 1 aliphatic heterocycles. The van der Waals surface area contributed by atoms with Crippen molar-refractivity contribution >= 4 is 22.6 Å². The van der Waals surface area contributed by atoms with Crippen LogP contribution in [0.3, 0.4) is 0 Å². The van der Waals surface area contributed by atoms with Crippen molar-refractivity contribution in [2.24, 2.45) is 5.41 Å². The molecule has 0 unspecified atom stereocenters. The SMILES string of the molecule is COc1cc(C)c2[nH]ccc2c1CN1CCC2(C[C@@H]1c1ccc(C(=O)O)cc1NCCC#N)CC(F)(F)C2. The number of nitrogens with zero attached hydrogens (tertiary/aromatic N) is 2. The summed E-state index contributed by atoms with van der Waals surface area (Å²) in [4.78, 5) is 17.3. The van der Waals surface area contributed by atoms with Crippen LogP contribution in [0.1, 0.15) is 65.2 Å². The first-order valence-corrected chi connectivity index (χ1v) is 12.9. The number of likely N-dealkylation sites (tertiary alicyclic amines) is 1. The van der Waals surface area contributed by atoms with Crippen LogP contribution in [0.15, 0.2) is 36.5 Å². The van der Waals surface area contributed by atoms with Crippen molar-refractivity contribution in [3.63, 3.8) is 0 Å². The zero-order valence-corrected chi connectivity index (χ0v) is 21.6. The molecule has 5 rings (SSSR count). The molecule has 2 aromatic carbocycles. The lowest BCUT2D eigenvalue weighted by Gasteiger charge is -2.55. The Morgan fingerprint density at radius 3 is 2.79 bits per heavy atom. The number of piperidine rings is 1. The van der Waals surface area contributed by atoms with Crippen molar-refractivity contribution in [2.45, 2.75) is 57.5 Å². The van der Waals surface area contributed by atoms with Gasteiger partial charge < -0.3 is 20.1 Å². The van der Waals surface area contributed by atoms with Gasteiger partial charge in [-0.3, -0.25) is 4.90 Å². The molecule has 9 heteroatoms. The number of halogens is 2. The minimum absolute atomic E-state index is 0.120. The Labute approximate surface area is 220 Å². The molecular weight excluding hydrogens is 490 g/mol. The average Bonchev–Trinajstić information content (AvgIpc) is 3.36. The van der Waals surface area contributed by atoms with E-state index in [-0.39, 0.29) is 30.9 Å². The molecule has 3 aromatic rings. The van der Waals surface area contributed by atoms with Gasteiger partial charge in [0, 0.05) is 60.3 Å². The van der Waals surface area contributed by atoms with E-state index in [0.717, 1.165) is 33.3 Å². The summed E-state index contributed by atoms with van der Waals surface area (Å²) in [5.74, 6) is -2.90. The van der Waals surface area contributed by atoms with Crippen LogP contribution in [0, 0.1) is 23.7 Å². The Morgan fingerprint density at radius 1 is 1.32 bits per heavy atom. The van der Waals surface area contributed by atoms with Crippen LogP contribution in [0.4, 0.5) is 14.5 Å². The van der Waals surface area contributed by atoms with E-state index in [2.05, 4.69) is 21.3 Å². The summed E-state index contributed by atoms with van der Waals surface area (Å²) in [6, 6.07) is 10.9. The number of aryl methyl sites for hydroxylation is 1. The number of carboxylic acids is 1. The highest BCUT2D eigenvalue weighted by Gasteiger charge is 2.58. The highest BCUT2D eigenvalue weighted by molar-refractivity contribution is 5.89. The van der Waals surface area contributed by atoms with Crippen LogP contribution in [-0.2, 0) is 6.54 Å². The molecule has 200 valence electrons. The van der Waals surface area contributed by atoms with Gasteiger partial charge in [0.1, 0.15) is 5.75 Å². The van der Waals surface area contributed by atoms with Gasteiger partial charge in [-0.1, -0.05) is 6.07 Å². The predicted octanol–water partition coefficient (Wildman–Crippen LogP) is 6.26. The summed E-state index contributed by atoms with van der Waals surface area (Å²) < 4.78 is 34.0. The van der Waals surface area contributed by atoms with E-state index >= 15 is 0 Å². The lowest BCUT2D eigenvalue weighted by atomic mass is 9.58. The van der Waals surface area contributed by atoms with E-state index in [0.29, 0.717) is 38.2 Å². The fourth-order valence-electron chi connectivity index (χ4n) is 6.41. The Bertz CT molecular complexity index is 1400. The molecule has 1 aromatic heterocycles. The van der Waals surface area contributed by atoms with E-state index < -0.39 is 17.3 Å². The quantitative estimate of drug-likeness (QED) is 0.302. The molecule has 1 aliphatic carbocycles. The fraction of sp³-hybridized carbons (Fsp3) is 0.448. The summed E-state index contributed by atoms with van der Waals surface area (Å²) in [7, 11) is 1.65. The van der Waals surface area contributed by atoms with E-state index in [1.165, 1.54) is 0 Å². The molecule has 1 atom stereocenters.